The van der Waals surface area contributed by atoms with E-state index in [9.17, 15) is 4.79 Å². The molecule has 1 fully saturated rings. The van der Waals surface area contributed by atoms with Crippen LogP contribution in [0.5, 0.6) is 17.2 Å². The summed E-state index contributed by atoms with van der Waals surface area (Å²) in [6.07, 6.45) is 0. The van der Waals surface area contributed by atoms with Crippen LogP contribution >= 0.6 is 15.9 Å². The lowest BCUT2D eigenvalue weighted by Gasteiger charge is -2.35. The highest BCUT2D eigenvalue weighted by molar-refractivity contribution is 9.10. The minimum absolute atomic E-state index is 0.00374. The molecule has 0 atom stereocenters. The molecule has 3 rings (SSSR count). The molecule has 1 saturated heterocycles. The van der Waals surface area contributed by atoms with Crippen LogP contribution in [0.3, 0.4) is 0 Å². The van der Waals surface area contributed by atoms with Crippen LogP contribution in [-0.2, 0) is 6.54 Å². The highest BCUT2D eigenvalue weighted by Gasteiger charge is 2.23. The highest BCUT2D eigenvalue weighted by Crippen LogP contribution is 2.27. The standard InChI is InChI=1S/C21H25BrN2O4/c1-26-17-11-16(12-18(13-17)27-2)21(25)24-8-6-23(7-9-24)14-15-4-5-20(28-3)19(22)10-15/h4-5,10-13H,6-9,14H2,1-3H3. The van der Waals surface area contributed by atoms with E-state index in [0.29, 0.717) is 30.2 Å². The SMILES string of the molecule is COc1cc(OC)cc(C(=O)N2CCN(Cc3ccc(OC)c(Br)c3)CC2)c1. The van der Waals surface area contributed by atoms with Crippen molar-refractivity contribution in [3.05, 3.63) is 52.0 Å². The van der Waals surface area contributed by atoms with Crippen LogP contribution in [0.4, 0.5) is 0 Å². The molecule has 0 spiro atoms. The maximum absolute atomic E-state index is 12.9. The van der Waals surface area contributed by atoms with Crippen LogP contribution in [0.1, 0.15) is 15.9 Å². The Labute approximate surface area is 174 Å². The van der Waals surface area contributed by atoms with E-state index in [0.717, 1.165) is 29.9 Å². The van der Waals surface area contributed by atoms with Crippen molar-refractivity contribution in [1.82, 2.24) is 9.80 Å². The number of methoxy groups -OCH3 is 3. The molecule has 2 aromatic rings. The quantitative estimate of drug-likeness (QED) is 0.677. The Morgan fingerprint density at radius 1 is 0.929 bits per heavy atom. The van der Waals surface area contributed by atoms with Gasteiger partial charge in [-0.15, -0.1) is 0 Å². The van der Waals surface area contributed by atoms with E-state index in [2.05, 4.69) is 33.0 Å². The molecule has 150 valence electrons. The van der Waals surface area contributed by atoms with Gasteiger partial charge in [0.15, 0.2) is 0 Å². The monoisotopic (exact) mass is 448 g/mol. The smallest absolute Gasteiger partial charge is 0.254 e. The average Bonchev–Trinajstić information content (AvgIpc) is 2.73. The van der Waals surface area contributed by atoms with Crippen molar-refractivity contribution in [3.63, 3.8) is 0 Å². The number of hydrogen-bond donors (Lipinski definition) is 0. The molecule has 0 bridgehead atoms. The Kier molecular flexibility index (Phi) is 6.80. The fraction of sp³-hybridized carbons (Fsp3) is 0.381. The van der Waals surface area contributed by atoms with Crippen LogP contribution in [0.25, 0.3) is 0 Å². The Morgan fingerprint density at radius 2 is 1.57 bits per heavy atom. The van der Waals surface area contributed by atoms with Gasteiger partial charge in [-0.05, 0) is 45.8 Å². The zero-order chi connectivity index (χ0) is 20.1. The van der Waals surface area contributed by atoms with Gasteiger partial charge < -0.3 is 19.1 Å². The van der Waals surface area contributed by atoms with Crippen LogP contribution < -0.4 is 14.2 Å². The summed E-state index contributed by atoms with van der Waals surface area (Å²) in [6, 6.07) is 11.4. The topological polar surface area (TPSA) is 51.2 Å². The molecule has 0 N–H and O–H groups in total. The third kappa shape index (κ3) is 4.77. The number of amides is 1. The molecule has 2 aromatic carbocycles. The Balaban J connectivity index is 1.60. The largest absolute Gasteiger partial charge is 0.497 e. The number of carbonyl (C=O) groups excluding carboxylic acids is 1. The molecular weight excluding hydrogens is 424 g/mol. The van der Waals surface area contributed by atoms with Gasteiger partial charge in [0, 0.05) is 44.4 Å². The van der Waals surface area contributed by atoms with Gasteiger partial charge in [0.1, 0.15) is 17.2 Å². The Hall–Kier alpha value is -2.25. The first-order chi connectivity index (χ1) is 13.5. The van der Waals surface area contributed by atoms with Crippen molar-refractivity contribution in [3.8, 4) is 17.2 Å². The number of benzene rings is 2. The maximum atomic E-state index is 12.9. The van der Waals surface area contributed by atoms with Crippen molar-refractivity contribution < 1.29 is 19.0 Å². The van der Waals surface area contributed by atoms with Gasteiger partial charge in [-0.25, -0.2) is 0 Å². The minimum Gasteiger partial charge on any atom is -0.497 e. The number of ether oxygens (including phenoxy) is 3. The Morgan fingerprint density at radius 3 is 2.11 bits per heavy atom. The van der Waals surface area contributed by atoms with E-state index in [-0.39, 0.29) is 5.91 Å². The van der Waals surface area contributed by atoms with E-state index in [1.54, 1.807) is 39.5 Å². The summed E-state index contributed by atoms with van der Waals surface area (Å²) in [5, 5.41) is 0. The van der Waals surface area contributed by atoms with E-state index in [4.69, 9.17) is 14.2 Å². The summed E-state index contributed by atoms with van der Waals surface area (Å²) in [6.45, 7) is 3.88. The second-order valence-corrected chi connectivity index (χ2v) is 7.49. The van der Waals surface area contributed by atoms with Gasteiger partial charge >= 0.3 is 0 Å². The zero-order valence-corrected chi connectivity index (χ0v) is 18.0. The van der Waals surface area contributed by atoms with Crippen molar-refractivity contribution in [2.24, 2.45) is 0 Å². The van der Waals surface area contributed by atoms with Crippen molar-refractivity contribution >= 4 is 21.8 Å². The fourth-order valence-electron chi connectivity index (χ4n) is 3.29. The molecule has 0 radical (unpaired) electrons. The van der Waals surface area contributed by atoms with Gasteiger partial charge in [-0.3, -0.25) is 9.69 Å². The summed E-state index contributed by atoms with van der Waals surface area (Å²) in [7, 11) is 4.83. The highest BCUT2D eigenvalue weighted by atomic mass is 79.9. The molecule has 1 amide bonds. The minimum atomic E-state index is 0.00374. The summed E-state index contributed by atoms with van der Waals surface area (Å²) in [5.74, 6) is 2.06. The lowest BCUT2D eigenvalue weighted by molar-refractivity contribution is 0.0627. The van der Waals surface area contributed by atoms with Gasteiger partial charge in [0.25, 0.3) is 5.91 Å². The van der Waals surface area contributed by atoms with E-state index in [1.165, 1.54) is 5.56 Å². The van der Waals surface area contributed by atoms with Gasteiger partial charge in [0.05, 0.1) is 25.8 Å². The molecule has 0 aliphatic carbocycles. The first-order valence-corrected chi connectivity index (χ1v) is 9.90. The van der Waals surface area contributed by atoms with Crippen LogP contribution in [0.2, 0.25) is 0 Å². The number of hydrogen-bond acceptors (Lipinski definition) is 5. The van der Waals surface area contributed by atoms with Crippen molar-refractivity contribution in [2.75, 3.05) is 47.5 Å². The molecule has 1 aliphatic rings. The second-order valence-electron chi connectivity index (χ2n) is 6.64. The van der Waals surface area contributed by atoms with Crippen molar-refractivity contribution in [2.45, 2.75) is 6.54 Å². The summed E-state index contributed by atoms with van der Waals surface area (Å²) >= 11 is 3.53. The lowest BCUT2D eigenvalue weighted by Crippen LogP contribution is -2.48. The number of nitrogens with zero attached hydrogens (tertiary/aromatic N) is 2. The molecule has 0 unspecified atom stereocenters. The third-order valence-electron chi connectivity index (χ3n) is 4.88. The molecular formula is C21H25BrN2O4. The summed E-state index contributed by atoms with van der Waals surface area (Å²) in [4.78, 5) is 17.1. The van der Waals surface area contributed by atoms with Crippen molar-refractivity contribution in [1.29, 1.82) is 0 Å². The normalized spacial score (nSPS) is 14.6. The summed E-state index contributed by atoms with van der Waals surface area (Å²) in [5.41, 5.74) is 1.80. The number of carbonyl (C=O) groups is 1. The Bertz CT molecular complexity index is 813. The van der Waals surface area contributed by atoms with Gasteiger partial charge in [-0.1, -0.05) is 6.07 Å². The van der Waals surface area contributed by atoms with Gasteiger partial charge in [0.2, 0.25) is 0 Å². The first kappa shape index (κ1) is 20.5. The average molecular weight is 449 g/mol. The second kappa shape index (κ2) is 9.30. The van der Waals surface area contributed by atoms with Crippen LogP contribution in [0.15, 0.2) is 40.9 Å². The summed E-state index contributed by atoms with van der Waals surface area (Å²) < 4.78 is 16.8. The third-order valence-corrected chi connectivity index (χ3v) is 5.50. The molecule has 6 nitrogen and oxygen atoms in total. The number of rotatable bonds is 6. The van der Waals surface area contributed by atoms with Crippen LogP contribution in [-0.4, -0.2) is 63.2 Å². The van der Waals surface area contributed by atoms with Gasteiger partial charge in [-0.2, -0.15) is 0 Å². The predicted octanol–water partition coefficient (Wildman–Crippen LogP) is 3.43. The maximum Gasteiger partial charge on any atom is 0.254 e. The van der Waals surface area contributed by atoms with E-state index in [1.807, 2.05) is 11.0 Å². The molecule has 1 heterocycles. The van der Waals surface area contributed by atoms with E-state index >= 15 is 0 Å². The molecule has 28 heavy (non-hydrogen) atoms. The number of piperazine rings is 1. The fourth-order valence-corrected chi connectivity index (χ4v) is 3.88. The number of halogens is 1. The first-order valence-electron chi connectivity index (χ1n) is 9.11. The van der Waals surface area contributed by atoms with Crippen LogP contribution in [0, 0.1) is 0 Å². The predicted molar refractivity (Wildman–Crippen MR) is 111 cm³/mol. The molecule has 7 heteroatoms. The molecule has 1 aliphatic heterocycles. The lowest BCUT2D eigenvalue weighted by atomic mass is 10.1. The molecule has 0 aromatic heterocycles. The van der Waals surface area contributed by atoms with E-state index < -0.39 is 0 Å². The molecule has 0 saturated carbocycles. The zero-order valence-electron chi connectivity index (χ0n) is 16.4.